The third kappa shape index (κ3) is 4.91. The Labute approximate surface area is 190 Å². The van der Waals surface area contributed by atoms with Crippen LogP contribution < -0.4 is 22.1 Å². The zero-order valence-corrected chi connectivity index (χ0v) is 18.4. The number of rotatable bonds is 8. The molecular formula is C23H28F2N6O2. The zero-order valence-electron chi connectivity index (χ0n) is 18.4. The van der Waals surface area contributed by atoms with E-state index in [1.165, 1.54) is 12.1 Å². The van der Waals surface area contributed by atoms with Gasteiger partial charge in [-0.15, -0.1) is 0 Å². The summed E-state index contributed by atoms with van der Waals surface area (Å²) in [6.07, 6.45) is 5.47. The van der Waals surface area contributed by atoms with E-state index in [9.17, 15) is 13.6 Å². The van der Waals surface area contributed by atoms with Crippen LogP contribution in [0.15, 0.2) is 30.5 Å². The molecule has 1 amide bonds. The van der Waals surface area contributed by atoms with Crippen LogP contribution in [0, 0.1) is 11.6 Å². The quantitative estimate of drug-likeness (QED) is 0.410. The molecule has 10 heteroatoms. The van der Waals surface area contributed by atoms with Crippen molar-refractivity contribution >= 4 is 34.1 Å². The molecule has 3 aromatic rings. The average Bonchev–Trinajstić information content (AvgIpc) is 3.18. The van der Waals surface area contributed by atoms with E-state index in [0.717, 1.165) is 31.7 Å². The third-order valence-corrected chi connectivity index (χ3v) is 6.03. The van der Waals surface area contributed by atoms with Crippen molar-refractivity contribution in [2.24, 2.45) is 11.5 Å². The fraction of sp³-hybridized carbons (Fsp3) is 0.391. The predicted octanol–water partition coefficient (Wildman–Crippen LogP) is 3.49. The van der Waals surface area contributed by atoms with Gasteiger partial charge in [0.1, 0.15) is 11.6 Å². The van der Waals surface area contributed by atoms with Gasteiger partial charge in [-0.2, -0.15) is 0 Å². The van der Waals surface area contributed by atoms with Crippen molar-refractivity contribution < 1.29 is 18.3 Å². The fourth-order valence-corrected chi connectivity index (χ4v) is 4.26. The molecule has 1 aliphatic carbocycles. The SMILES string of the molecule is COCCn1ccc2c(Nc3nc(NC4CCCC[C@@H]4N)c(F)cc3C(N)=O)cc(F)cc21. The van der Waals surface area contributed by atoms with Gasteiger partial charge in [0, 0.05) is 37.3 Å². The average molecular weight is 459 g/mol. The van der Waals surface area contributed by atoms with Crippen molar-refractivity contribution in [1.82, 2.24) is 9.55 Å². The van der Waals surface area contributed by atoms with Crippen molar-refractivity contribution in [2.45, 2.75) is 44.3 Å². The molecule has 0 saturated heterocycles. The van der Waals surface area contributed by atoms with Gasteiger partial charge in [0.05, 0.1) is 23.4 Å². The Kier molecular flexibility index (Phi) is 6.75. The Morgan fingerprint density at radius 2 is 2.03 bits per heavy atom. The Hall–Kier alpha value is -3.24. The first-order chi connectivity index (χ1) is 15.9. The first-order valence-electron chi connectivity index (χ1n) is 10.9. The number of ether oxygens (including phenoxy) is 1. The normalized spacial score (nSPS) is 18.4. The summed E-state index contributed by atoms with van der Waals surface area (Å²) in [5, 5.41) is 6.77. The van der Waals surface area contributed by atoms with Gasteiger partial charge in [-0.1, -0.05) is 12.8 Å². The summed E-state index contributed by atoms with van der Waals surface area (Å²) in [5.41, 5.74) is 12.5. The van der Waals surface area contributed by atoms with Gasteiger partial charge >= 0.3 is 0 Å². The smallest absolute Gasteiger partial charge is 0.252 e. The summed E-state index contributed by atoms with van der Waals surface area (Å²) < 4.78 is 36.2. The largest absolute Gasteiger partial charge is 0.383 e. The maximum Gasteiger partial charge on any atom is 0.252 e. The van der Waals surface area contributed by atoms with Gasteiger partial charge in [0.15, 0.2) is 11.6 Å². The van der Waals surface area contributed by atoms with Crippen LogP contribution in [-0.4, -0.2) is 41.3 Å². The fourth-order valence-electron chi connectivity index (χ4n) is 4.26. The number of hydrogen-bond acceptors (Lipinski definition) is 6. The molecule has 1 saturated carbocycles. The van der Waals surface area contributed by atoms with Crippen LogP contribution in [0.2, 0.25) is 0 Å². The van der Waals surface area contributed by atoms with Crippen molar-refractivity contribution in [1.29, 1.82) is 0 Å². The number of anilines is 3. The van der Waals surface area contributed by atoms with Crippen LogP contribution in [-0.2, 0) is 11.3 Å². The highest BCUT2D eigenvalue weighted by Gasteiger charge is 2.25. The predicted molar refractivity (Wildman–Crippen MR) is 124 cm³/mol. The number of nitrogens with one attached hydrogen (secondary N) is 2. The second kappa shape index (κ2) is 9.72. The van der Waals surface area contributed by atoms with Gasteiger partial charge in [-0.05, 0) is 37.1 Å². The molecule has 176 valence electrons. The van der Waals surface area contributed by atoms with Crippen LogP contribution >= 0.6 is 0 Å². The molecule has 8 nitrogen and oxygen atoms in total. The van der Waals surface area contributed by atoms with E-state index in [-0.39, 0.29) is 29.3 Å². The van der Waals surface area contributed by atoms with E-state index in [4.69, 9.17) is 16.2 Å². The van der Waals surface area contributed by atoms with Gasteiger partial charge in [-0.3, -0.25) is 4.79 Å². The van der Waals surface area contributed by atoms with E-state index in [0.29, 0.717) is 29.7 Å². The summed E-state index contributed by atoms with van der Waals surface area (Å²) in [4.78, 5) is 16.3. The Bertz CT molecular complexity index is 1170. The topological polar surface area (TPSA) is 120 Å². The summed E-state index contributed by atoms with van der Waals surface area (Å²) in [7, 11) is 1.59. The number of carbonyl (C=O) groups is 1. The van der Waals surface area contributed by atoms with E-state index in [1.807, 2.05) is 16.8 Å². The number of methoxy groups -OCH3 is 1. The lowest BCUT2D eigenvalue weighted by molar-refractivity contribution is 0.100. The molecule has 0 bridgehead atoms. The first-order valence-corrected chi connectivity index (χ1v) is 10.9. The zero-order chi connectivity index (χ0) is 23.5. The number of hydrogen-bond donors (Lipinski definition) is 4. The van der Waals surface area contributed by atoms with Gasteiger partial charge in [0.2, 0.25) is 0 Å². The highest BCUT2D eigenvalue weighted by molar-refractivity contribution is 6.01. The van der Waals surface area contributed by atoms with Crippen molar-refractivity contribution in [3.05, 3.63) is 47.7 Å². The molecule has 1 fully saturated rings. The molecule has 2 heterocycles. The summed E-state index contributed by atoms with van der Waals surface area (Å²) in [5.74, 6) is -2.03. The molecule has 4 rings (SSSR count). The molecule has 0 aliphatic heterocycles. The number of nitrogens with two attached hydrogens (primary N) is 2. The Morgan fingerprint density at radius 1 is 1.24 bits per heavy atom. The molecule has 1 aromatic carbocycles. The number of benzene rings is 1. The number of pyridine rings is 1. The van der Waals surface area contributed by atoms with Gasteiger partial charge < -0.3 is 31.4 Å². The maximum absolute atomic E-state index is 14.8. The van der Waals surface area contributed by atoms with Gasteiger partial charge in [-0.25, -0.2) is 13.8 Å². The first kappa shape index (κ1) is 22.9. The molecular weight excluding hydrogens is 430 g/mol. The minimum absolute atomic E-state index is 0.0323. The Balaban J connectivity index is 1.71. The monoisotopic (exact) mass is 458 g/mol. The molecule has 1 aliphatic rings. The second-order valence-corrected chi connectivity index (χ2v) is 8.29. The van der Waals surface area contributed by atoms with E-state index in [1.54, 1.807) is 7.11 Å². The lowest BCUT2D eigenvalue weighted by Crippen LogP contribution is -2.43. The van der Waals surface area contributed by atoms with E-state index >= 15 is 0 Å². The number of halogens is 2. The van der Waals surface area contributed by atoms with Crippen molar-refractivity contribution in [3.63, 3.8) is 0 Å². The summed E-state index contributed by atoms with van der Waals surface area (Å²) in [6.45, 7) is 1.01. The number of carbonyl (C=O) groups excluding carboxylic acids is 1. The number of primary amides is 1. The van der Waals surface area contributed by atoms with Crippen LogP contribution in [0.3, 0.4) is 0 Å². The number of amides is 1. The number of nitrogens with zero attached hydrogens (tertiary/aromatic N) is 2. The maximum atomic E-state index is 14.8. The number of aromatic nitrogens is 2. The van der Waals surface area contributed by atoms with Crippen LogP contribution in [0.25, 0.3) is 10.9 Å². The molecule has 2 aromatic heterocycles. The standard InChI is InChI=1S/C23H28F2N6O2/c1-33-9-8-31-7-6-14-19(10-13(24)11-20(14)31)29-22-15(21(27)32)12-16(25)23(30-22)28-18-5-3-2-4-17(18)26/h6-7,10-12,17-18H,2-5,8-9,26H2,1H3,(H2,27,32)(H2,28,29,30)/t17-,18?/m0/s1. The lowest BCUT2D eigenvalue weighted by Gasteiger charge is -2.30. The van der Waals surface area contributed by atoms with E-state index < -0.39 is 17.5 Å². The summed E-state index contributed by atoms with van der Waals surface area (Å²) in [6, 6.07) is 5.31. The van der Waals surface area contributed by atoms with Crippen molar-refractivity contribution in [2.75, 3.05) is 24.4 Å². The Morgan fingerprint density at radius 3 is 2.76 bits per heavy atom. The van der Waals surface area contributed by atoms with Crippen molar-refractivity contribution in [3.8, 4) is 0 Å². The molecule has 0 radical (unpaired) electrons. The van der Waals surface area contributed by atoms with Gasteiger partial charge in [0.25, 0.3) is 5.91 Å². The minimum Gasteiger partial charge on any atom is -0.383 e. The molecule has 2 atom stereocenters. The van der Waals surface area contributed by atoms with Crippen LogP contribution in [0.5, 0.6) is 0 Å². The third-order valence-electron chi connectivity index (χ3n) is 6.03. The lowest BCUT2D eigenvalue weighted by atomic mass is 9.91. The molecule has 1 unspecified atom stereocenters. The highest BCUT2D eigenvalue weighted by Crippen LogP contribution is 2.31. The molecule has 0 spiro atoms. The second-order valence-electron chi connectivity index (χ2n) is 8.29. The minimum atomic E-state index is -0.852. The van der Waals surface area contributed by atoms with Crippen LogP contribution in [0.4, 0.5) is 26.1 Å². The summed E-state index contributed by atoms with van der Waals surface area (Å²) >= 11 is 0. The van der Waals surface area contributed by atoms with Crippen LogP contribution in [0.1, 0.15) is 36.0 Å². The highest BCUT2D eigenvalue weighted by atomic mass is 19.1. The number of fused-ring (bicyclic) bond motifs is 1. The molecule has 6 N–H and O–H groups in total. The van der Waals surface area contributed by atoms with E-state index in [2.05, 4.69) is 15.6 Å². The molecule has 33 heavy (non-hydrogen) atoms.